The van der Waals surface area contributed by atoms with Gasteiger partial charge in [-0.3, -0.25) is 9.59 Å². The quantitative estimate of drug-likeness (QED) is 0.298. The molecular formula is C26H20Cl2O4. The molecule has 0 fully saturated rings. The highest BCUT2D eigenvalue weighted by atomic mass is 35.5. The molecule has 6 heteroatoms. The molecule has 0 N–H and O–H groups in total. The average Bonchev–Trinajstić information content (AvgIpc) is 2.75. The van der Waals surface area contributed by atoms with Crippen LogP contribution in [0.4, 0.5) is 0 Å². The van der Waals surface area contributed by atoms with E-state index in [-0.39, 0.29) is 39.9 Å². The first-order valence-electron chi connectivity index (χ1n) is 10.0. The van der Waals surface area contributed by atoms with Gasteiger partial charge in [0.15, 0.2) is 12.4 Å². The zero-order valence-corrected chi connectivity index (χ0v) is 19.3. The first-order chi connectivity index (χ1) is 15.2. The molecular weight excluding hydrogens is 447 g/mol. The first-order valence-corrected chi connectivity index (χ1v) is 10.8. The van der Waals surface area contributed by atoms with Gasteiger partial charge in [-0.25, -0.2) is 0 Å². The minimum absolute atomic E-state index is 0.0111. The number of carbonyl (C=O) groups excluding carboxylic acids is 1. The van der Waals surface area contributed by atoms with E-state index in [1.54, 1.807) is 12.1 Å². The van der Waals surface area contributed by atoms with Gasteiger partial charge in [0.2, 0.25) is 17.0 Å². The highest BCUT2D eigenvalue weighted by Crippen LogP contribution is 2.32. The maximum atomic E-state index is 13.4. The standard InChI is InChI=1S/C26H20Cl2O4/c1-14-4-6-17(7-5-14)25-26(24(30)20-10-15(2)16(3)11-23(20)32-25)31-13-22(29)19-9-8-18(27)12-21(19)28/h4-12H,13H2,1-3H3. The molecule has 0 atom stereocenters. The molecule has 0 unspecified atom stereocenters. The predicted molar refractivity (Wildman–Crippen MR) is 128 cm³/mol. The van der Waals surface area contributed by atoms with Crippen LogP contribution in [0.5, 0.6) is 5.75 Å². The molecule has 32 heavy (non-hydrogen) atoms. The summed E-state index contributed by atoms with van der Waals surface area (Å²) in [4.78, 5) is 26.1. The lowest BCUT2D eigenvalue weighted by atomic mass is 10.0. The number of halogens is 2. The predicted octanol–water partition coefficient (Wildman–Crippen LogP) is 6.95. The molecule has 0 aliphatic rings. The monoisotopic (exact) mass is 466 g/mol. The summed E-state index contributed by atoms with van der Waals surface area (Å²) in [7, 11) is 0. The normalized spacial score (nSPS) is 11.0. The van der Waals surface area contributed by atoms with Gasteiger partial charge in [-0.1, -0.05) is 53.0 Å². The summed E-state index contributed by atoms with van der Waals surface area (Å²) in [5.41, 5.74) is 4.12. The van der Waals surface area contributed by atoms with Gasteiger partial charge in [-0.05, 0) is 62.2 Å². The van der Waals surface area contributed by atoms with E-state index in [9.17, 15) is 9.59 Å². The highest BCUT2D eigenvalue weighted by molar-refractivity contribution is 6.36. The van der Waals surface area contributed by atoms with Crippen LogP contribution in [0.2, 0.25) is 10.0 Å². The number of Topliss-reactive ketones (excluding diaryl/α,β-unsaturated/α-hetero) is 1. The topological polar surface area (TPSA) is 56.5 Å². The van der Waals surface area contributed by atoms with Crippen molar-refractivity contribution < 1.29 is 13.9 Å². The lowest BCUT2D eigenvalue weighted by Crippen LogP contribution is -2.17. The van der Waals surface area contributed by atoms with E-state index in [0.29, 0.717) is 21.6 Å². The van der Waals surface area contributed by atoms with Crippen molar-refractivity contribution in [3.63, 3.8) is 0 Å². The summed E-state index contributed by atoms with van der Waals surface area (Å²) in [6.45, 7) is 5.48. The van der Waals surface area contributed by atoms with Crippen molar-refractivity contribution in [1.29, 1.82) is 0 Å². The number of carbonyl (C=O) groups is 1. The van der Waals surface area contributed by atoms with Crippen molar-refractivity contribution in [2.45, 2.75) is 20.8 Å². The van der Waals surface area contributed by atoms with Gasteiger partial charge in [0.1, 0.15) is 5.58 Å². The van der Waals surface area contributed by atoms with E-state index < -0.39 is 0 Å². The van der Waals surface area contributed by atoms with Gasteiger partial charge in [0.05, 0.1) is 10.4 Å². The van der Waals surface area contributed by atoms with E-state index >= 15 is 0 Å². The second kappa shape index (κ2) is 8.81. The number of fused-ring (bicyclic) bond motifs is 1. The molecule has 4 aromatic rings. The van der Waals surface area contributed by atoms with Crippen LogP contribution in [0, 0.1) is 20.8 Å². The molecule has 0 radical (unpaired) electrons. The van der Waals surface area contributed by atoms with Crippen molar-refractivity contribution in [2.75, 3.05) is 6.61 Å². The third kappa shape index (κ3) is 4.29. The number of ether oxygens (including phenoxy) is 1. The van der Waals surface area contributed by atoms with Crippen LogP contribution < -0.4 is 10.2 Å². The molecule has 0 amide bonds. The van der Waals surface area contributed by atoms with Crippen LogP contribution in [-0.4, -0.2) is 12.4 Å². The van der Waals surface area contributed by atoms with Crippen LogP contribution >= 0.6 is 23.2 Å². The lowest BCUT2D eigenvalue weighted by Gasteiger charge is -2.13. The van der Waals surface area contributed by atoms with Crippen LogP contribution in [0.15, 0.2) is 63.8 Å². The molecule has 1 heterocycles. The Morgan fingerprint density at radius 2 is 1.62 bits per heavy atom. The molecule has 4 rings (SSSR count). The molecule has 0 saturated heterocycles. The van der Waals surface area contributed by atoms with Crippen LogP contribution in [0.1, 0.15) is 27.0 Å². The van der Waals surface area contributed by atoms with Crippen LogP contribution in [0.25, 0.3) is 22.3 Å². The molecule has 1 aromatic heterocycles. The van der Waals surface area contributed by atoms with Gasteiger partial charge < -0.3 is 9.15 Å². The minimum Gasteiger partial charge on any atom is -0.478 e. The number of ketones is 1. The van der Waals surface area contributed by atoms with Crippen molar-refractivity contribution >= 4 is 40.0 Å². The minimum atomic E-state index is -0.374. The fraction of sp³-hybridized carbons (Fsp3) is 0.154. The number of hydrogen-bond donors (Lipinski definition) is 0. The van der Waals surface area contributed by atoms with Crippen molar-refractivity contribution in [3.8, 4) is 17.1 Å². The Bertz CT molecular complexity index is 1400. The molecule has 0 bridgehead atoms. The SMILES string of the molecule is Cc1ccc(-c2oc3cc(C)c(C)cc3c(=O)c2OCC(=O)c2ccc(Cl)cc2Cl)cc1. The van der Waals surface area contributed by atoms with Gasteiger partial charge in [-0.15, -0.1) is 0 Å². The summed E-state index contributed by atoms with van der Waals surface area (Å²) >= 11 is 12.1. The maximum Gasteiger partial charge on any atom is 0.235 e. The number of aryl methyl sites for hydroxylation is 3. The third-order valence-corrected chi connectivity index (χ3v) is 5.91. The second-order valence-corrected chi connectivity index (χ2v) is 8.57. The molecule has 162 valence electrons. The fourth-order valence-corrected chi connectivity index (χ4v) is 3.90. The summed E-state index contributed by atoms with van der Waals surface area (Å²) in [5.74, 6) is -0.107. The summed E-state index contributed by atoms with van der Waals surface area (Å²) < 4.78 is 11.9. The zero-order chi connectivity index (χ0) is 23.0. The summed E-state index contributed by atoms with van der Waals surface area (Å²) in [6, 6.07) is 15.8. The fourth-order valence-electron chi connectivity index (χ4n) is 3.39. The first kappa shape index (κ1) is 22.1. The Hall–Kier alpha value is -3.08. The largest absolute Gasteiger partial charge is 0.478 e. The third-order valence-electron chi connectivity index (χ3n) is 5.36. The Balaban J connectivity index is 1.80. The Morgan fingerprint density at radius 3 is 2.31 bits per heavy atom. The second-order valence-electron chi connectivity index (χ2n) is 7.72. The summed E-state index contributed by atoms with van der Waals surface area (Å²) in [5, 5.41) is 1.05. The van der Waals surface area contributed by atoms with Gasteiger partial charge >= 0.3 is 0 Å². The zero-order valence-electron chi connectivity index (χ0n) is 17.8. The van der Waals surface area contributed by atoms with Crippen LogP contribution in [-0.2, 0) is 0 Å². The number of hydrogen-bond acceptors (Lipinski definition) is 4. The van der Waals surface area contributed by atoms with E-state index in [1.165, 1.54) is 12.1 Å². The smallest absolute Gasteiger partial charge is 0.235 e. The van der Waals surface area contributed by atoms with Crippen molar-refractivity contribution in [2.24, 2.45) is 0 Å². The number of rotatable bonds is 5. The molecule has 0 aliphatic carbocycles. The van der Waals surface area contributed by atoms with E-state index in [0.717, 1.165) is 16.7 Å². The Morgan fingerprint density at radius 1 is 0.938 bits per heavy atom. The molecule has 4 nitrogen and oxygen atoms in total. The Labute approximate surface area is 195 Å². The molecule has 3 aromatic carbocycles. The lowest BCUT2D eigenvalue weighted by molar-refractivity contribution is 0.0920. The molecule has 0 spiro atoms. The summed E-state index contributed by atoms with van der Waals surface area (Å²) in [6.07, 6.45) is 0. The van der Waals surface area contributed by atoms with Gasteiger partial charge in [0, 0.05) is 16.1 Å². The van der Waals surface area contributed by atoms with Gasteiger partial charge in [0.25, 0.3) is 0 Å². The Kier molecular flexibility index (Phi) is 6.09. The van der Waals surface area contributed by atoms with E-state index in [1.807, 2.05) is 51.1 Å². The van der Waals surface area contributed by atoms with Crippen LogP contribution in [0.3, 0.4) is 0 Å². The van der Waals surface area contributed by atoms with E-state index in [2.05, 4.69) is 0 Å². The maximum absolute atomic E-state index is 13.4. The van der Waals surface area contributed by atoms with Crippen molar-refractivity contribution in [3.05, 3.63) is 97.1 Å². The highest BCUT2D eigenvalue weighted by Gasteiger charge is 2.20. The molecule has 0 aliphatic heterocycles. The van der Waals surface area contributed by atoms with E-state index in [4.69, 9.17) is 32.4 Å². The number of benzene rings is 3. The molecule has 0 saturated carbocycles. The average molecular weight is 467 g/mol. The van der Waals surface area contributed by atoms with Crippen molar-refractivity contribution in [1.82, 2.24) is 0 Å². The van der Waals surface area contributed by atoms with Gasteiger partial charge in [-0.2, -0.15) is 0 Å².